The first-order valence-electron chi connectivity index (χ1n) is 9.84. The van der Waals surface area contributed by atoms with Gasteiger partial charge in [0.15, 0.2) is 18.0 Å². The molecule has 2 aromatic carbocycles. The molecule has 140 valence electrons. The summed E-state index contributed by atoms with van der Waals surface area (Å²) < 4.78 is 13.6. The van der Waals surface area contributed by atoms with Crippen molar-refractivity contribution in [2.45, 2.75) is 31.4 Å². The molecular formula is C22H25N2O3+. The molecule has 0 bridgehead atoms. The van der Waals surface area contributed by atoms with Gasteiger partial charge in [-0.05, 0) is 49.6 Å². The predicted molar refractivity (Wildman–Crippen MR) is 104 cm³/mol. The summed E-state index contributed by atoms with van der Waals surface area (Å²) in [6.45, 7) is 2.50. The molecule has 0 radical (unpaired) electrons. The van der Waals surface area contributed by atoms with Gasteiger partial charge in [-0.1, -0.05) is 18.2 Å². The molecule has 1 atom stereocenters. The second-order valence-corrected chi connectivity index (χ2v) is 7.48. The third-order valence-corrected chi connectivity index (χ3v) is 5.80. The van der Waals surface area contributed by atoms with Crippen LogP contribution >= 0.6 is 0 Å². The van der Waals surface area contributed by atoms with E-state index >= 15 is 0 Å². The molecule has 0 amide bonds. The lowest BCUT2D eigenvalue weighted by molar-refractivity contribution is -0.658. The van der Waals surface area contributed by atoms with E-state index in [9.17, 15) is 5.11 Å². The topological polar surface area (TPSA) is 44.9 Å². The van der Waals surface area contributed by atoms with Crippen LogP contribution in [0.3, 0.4) is 0 Å². The lowest BCUT2D eigenvalue weighted by atomic mass is 10.0. The fourth-order valence-electron chi connectivity index (χ4n) is 4.46. The summed E-state index contributed by atoms with van der Waals surface area (Å²) in [5, 5.41) is 11.9. The Kier molecular flexibility index (Phi) is 4.05. The summed E-state index contributed by atoms with van der Waals surface area (Å²) in [5.41, 5.74) is 0.934. The third-order valence-electron chi connectivity index (χ3n) is 5.80. The van der Waals surface area contributed by atoms with Gasteiger partial charge in [0, 0.05) is 12.0 Å². The van der Waals surface area contributed by atoms with Crippen LogP contribution in [0, 0.1) is 0 Å². The molecule has 3 heterocycles. The second-order valence-electron chi connectivity index (χ2n) is 7.48. The summed E-state index contributed by atoms with van der Waals surface area (Å²) in [7, 11) is 0. The van der Waals surface area contributed by atoms with Crippen molar-refractivity contribution >= 4 is 11.5 Å². The molecule has 1 unspecified atom stereocenters. The summed E-state index contributed by atoms with van der Waals surface area (Å²) >= 11 is 0. The number of hydrogen-bond donors (Lipinski definition) is 1. The zero-order valence-electron chi connectivity index (χ0n) is 15.4. The van der Waals surface area contributed by atoms with Crippen LogP contribution in [0.4, 0.5) is 5.69 Å². The van der Waals surface area contributed by atoms with Crippen LogP contribution < -0.4 is 14.4 Å². The van der Waals surface area contributed by atoms with E-state index in [0.717, 1.165) is 48.6 Å². The summed E-state index contributed by atoms with van der Waals surface area (Å²) in [6.07, 6.45) is 4.44. The van der Waals surface area contributed by atoms with Crippen LogP contribution in [0.15, 0.2) is 48.5 Å². The van der Waals surface area contributed by atoms with Crippen molar-refractivity contribution in [1.82, 2.24) is 0 Å². The van der Waals surface area contributed by atoms with Gasteiger partial charge in [-0.15, -0.1) is 0 Å². The van der Waals surface area contributed by atoms with Crippen LogP contribution in [-0.2, 0) is 5.72 Å². The molecule has 27 heavy (non-hydrogen) atoms. The molecule has 0 spiro atoms. The number of amidine groups is 1. The maximum absolute atomic E-state index is 11.9. The van der Waals surface area contributed by atoms with Crippen molar-refractivity contribution in [2.75, 3.05) is 31.2 Å². The van der Waals surface area contributed by atoms with Gasteiger partial charge in [0.2, 0.25) is 0 Å². The normalized spacial score (nSPS) is 24.6. The van der Waals surface area contributed by atoms with Gasteiger partial charge in [0.25, 0.3) is 11.6 Å². The van der Waals surface area contributed by atoms with E-state index in [-0.39, 0.29) is 0 Å². The minimum absolute atomic E-state index is 0.520. The van der Waals surface area contributed by atoms with E-state index in [0.29, 0.717) is 19.8 Å². The minimum Gasteiger partial charge on any atom is -0.486 e. The highest BCUT2D eigenvalue weighted by Crippen LogP contribution is 2.39. The van der Waals surface area contributed by atoms with Crippen molar-refractivity contribution in [3.05, 3.63) is 54.1 Å². The van der Waals surface area contributed by atoms with Crippen LogP contribution in [0.2, 0.25) is 0 Å². The lowest BCUT2D eigenvalue weighted by Crippen LogP contribution is -2.41. The first-order chi connectivity index (χ1) is 13.3. The Hall–Kier alpha value is -2.53. The van der Waals surface area contributed by atoms with Gasteiger partial charge >= 0.3 is 0 Å². The van der Waals surface area contributed by atoms with Crippen molar-refractivity contribution in [1.29, 1.82) is 0 Å². The lowest BCUT2D eigenvalue weighted by Gasteiger charge is -2.26. The fourth-order valence-corrected chi connectivity index (χ4v) is 4.46. The molecule has 1 N–H and O–H groups in total. The van der Waals surface area contributed by atoms with E-state index in [1.165, 1.54) is 12.3 Å². The largest absolute Gasteiger partial charge is 0.486 e. The van der Waals surface area contributed by atoms with Gasteiger partial charge in [0.1, 0.15) is 18.9 Å². The summed E-state index contributed by atoms with van der Waals surface area (Å²) in [6, 6.07) is 16.2. The highest BCUT2D eigenvalue weighted by Gasteiger charge is 2.52. The average molecular weight is 365 g/mol. The number of rotatable bonds is 2. The van der Waals surface area contributed by atoms with E-state index in [1.54, 1.807) is 0 Å². The molecule has 3 aliphatic rings. The van der Waals surface area contributed by atoms with Crippen LogP contribution in [0.5, 0.6) is 11.5 Å². The summed E-state index contributed by atoms with van der Waals surface area (Å²) in [4.78, 5) is 2.28. The van der Waals surface area contributed by atoms with Crippen LogP contribution in [-0.4, -0.2) is 41.8 Å². The van der Waals surface area contributed by atoms with Crippen molar-refractivity contribution in [3.63, 3.8) is 0 Å². The number of ether oxygens (including phenoxy) is 2. The Morgan fingerprint density at radius 1 is 0.926 bits per heavy atom. The molecule has 5 rings (SSSR count). The molecule has 0 aliphatic carbocycles. The number of β-amino-alcohol motifs (C(OH)–C–C–N with tert-alkyl or cyclic N) is 1. The second kappa shape index (κ2) is 6.57. The van der Waals surface area contributed by atoms with E-state index in [4.69, 9.17) is 9.47 Å². The van der Waals surface area contributed by atoms with Crippen LogP contribution in [0.25, 0.3) is 0 Å². The van der Waals surface area contributed by atoms with Gasteiger partial charge in [-0.3, -0.25) is 0 Å². The first kappa shape index (κ1) is 16.6. The Morgan fingerprint density at radius 3 is 2.59 bits per heavy atom. The van der Waals surface area contributed by atoms with E-state index < -0.39 is 5.72 Å². The zero-order valence-corrected chi connectivity index (χ0v) is 15.4. The maximum atomic E-state index is 11.9. The third kappa shape index (κ3) is 2.77. The van der Waals surface area contributed by atoms with Gasteiger partial charge < -0.3 is 14.6 Å². The standard InChI is InChI=1S/C22H25N2O3/c25-22(17-10-11-19-20(15-17)27-14-13-26-19)16-23(18-7-3-1-4-8-18)21-9-5-2-6-12-24(21)22/h1,3-4,7-8,10-11,15,25H,2,5-6,9,12-14,16H2/q+1. The van der Waals surface area contributed by atoms with Gasteiger partial charge in [-0.2, -0.15) is 0 Å². The molecule has 0 fully saturated rings. The number of anilines is 1. The molecule has 0 saturated heterocycles. The highest BCUT2D eigenvalue weighted by atomic mass is 16.6. The number of nitrogens with zero attached hydrogens (tertiary/aromatic N) is 2. The number of fused-ring (bicyclic) bond motifs is 1. The van der Waals surface area contributed by atoms with Crippen LogP contribution in [0.1, 0.15) is 31.2 Å². The average Bonchev–Trinajstić information content (AvgIpc) is 2.87. The van der Waals surface area contributed by atoms with Crippen molar-refractivity contribution < 1.29 is 19.2 Å². The van der Waals surface area contributed by atoms with Crippen molar-refractivity contribution in [2.24, 2.45) is 0 Å². The SMILES string of the molecule is OC1(c2ccc3c(c2)OCCO3)CN(c2ccccc2)C2=[N+]1CCCCC2. The predicted octanol–water partition coefficient (Wildman–Crippen LogP) is 3.11. The van der Waals surface area contributed by atoms with Gasteiger partial charge in [0.05, 0.1) is 6.54 Å². The van der Waals surface area contributed by atoms with E-state index in [1.807, 2.05) is 24.3 Å². The molecule has 3 aliphatic heterocycles. The minimum atomic E-state index is -1.06. The van der Waals surface area contributed by atoms with E-state index in [2.05, 4.69) is 33.7 Å². The number of para-hydroxylation sites is 1. The van der Waals surface area contributed by atoms with Crippen molar-refractivity contribution in [3.8, 4) is 11.5 Å². The Bertz CT molecular complexity index is 880. The molecular weight excluding hydrogens is 340 g/mol. The fraction of sp³-hybridized carbons (Fsp3) is 0.409. The molecule has 5 heteroatoms. The Balaban J connectivity index is 1.59. The Morgan fingerprint density at radius 2 is 1.74 bits per heavy atom. The highest BCUT2D eigenvalue weighted by molar-refractivity contribution is 5.95. The number of aliphatic hydroxyl groups is 1. The molecule has 0 aromatic heterocycles. The summed E-state index contributed by atoms with van der Waals surface area (Å²) in [5.74, 6) is 2.70. The number of hydrogen-bond acceptors (Lipinski definition) is 4. The monoisotopic (exact) mass is 365 g/mol. The first-order valence-corrected chi connectivity index (χ1v) is 9.84. The smallest absolute Gasteiger partial charge is 0.271 e. The zero-order chi connectivity index (χ0) is 18.3. The maximum Gasteiger partial charge on any atom is 0.271 e. The Labute approximate surface area is 159 Å². The van der Waals surface area contributed by atoms with Gasteiger partial charge in [-0.25, -0.2) is 9.48 Å². The molecule has 5 nitrogen and oxygen atoms in total. The quantitative estimate of drug-likeness (QED) is 0.831. The molecule has 2 aromatic rings. The molecule has 0 saturated carbocycles. The number of benzene rings is 2.